The number of hydrogen-bond donors (Lipinski definition) is 1. The molecule has 2 nitrogen and oxygen atoms in total. The number of benzene rings is 1. The Morgan fingerprint density at radius 1 is 1.29 bits per heavy atom. The van der Waals surface area contributed by atoms with Crippen LogP contribution < -0.4 is 10.1 Å². The van der Waals surface area contributed by atoms with Crippen LogP contribution in [-0.2, 0) is 0 Å². The summed E-state index contributed by atoms with van der Waals surface area (Å²) in [5.41, 5.74) is 3.08. The molecule has 0 saturated heterocycles. The van der Waals surface area contributed by atoms with Gasteiger partial charge in [-0.2, -0.15) is 0 Å². The minimum atomic E-state index is -0.180. The highest BCUT2D eigenvalue weighted by Crippen LogP contribution is 2.37. The Hall–Kier alpha value is -1.39. The Kier molecular flexibility index (Phi) is 5.37. The lowest BCUT2D eigenvalue weighted by Crippen LogP contribution is -2.24. The molecular weight excluding hydrogens is 285 g/mol. The van der Waals surface area contributed by atoms with Crippen molar-refractivity contribution >= 4 is 11.3 Å². The van der Waals surface area contributed by atoms with Crippen molar-refractivity contribution < 1.29 is 9.13 Å². The molecule has 0 aliphatic rings. The Labute approximate surface area is 130 Å². The lowest BCUT2D eigenvalue weighted by atomic mass is 9.94. The minimum Gasteiger partial charge on any atom is -0.496 e. The summed E-state index contributed by atoms with van der Waals surface area (Å²) in [4.78, 5) is 1.14. The number of ether oxygens (including phenoxy) is 1. The SMILES string of the molecule is CCCNC(c1sccc1OC)c1c(C)cc(F)cc1C. The molecule has 0 aliphatic heterocycles. The van der Waals surface area contributed by atoms with E-state index in [1.807, 2.05) is 25.3 Å². The minimum absolute atomic E-state index is 0.0421. The standard InChI is InChI=1S/C17H22FNOS/c1-5-7-19-16(17-14(20-4)6-8-21-17)15-11(2)9-13(18)10-12(15)3/h6,8-10,16,19H,5,7H2,1-4H3. The molecule has 0 bridgehead atoms. The van der Waals surface area contributed by atoms with E-state index in [1.54, 1.807) is 30.6 Å². The molecule has 0 aliphatic carbocycles. The van der Waals surface area contributed by atoms with Crippen LogP contribution in [0.2, 0.25) is 0 Å². The van der Waals surface area contributed by atoms with Crippen molar-refractivity contribution in [3.05, 3.63) is 51.0 Å². The predicted molar refractivity (Wildman–Crippen MR) is 86.9 cm³/mol. The molecule has 1 N–H and O–H groups in total. The van der Waals surface area contributed by atoms with E-state index in [2.05, 4.69) is 12.2 Å². The summed E-state index contributed by atoms with van der Waals surface area (Å²) < 4.78 is 19.0. The van der Waals surface area contributed by atoms with Crippen LogP contribution >= 0.6 is 11.3 Å². The van der Waals surface area contributed by atoms with Crippen LogP contribution in [0, 0.1) is 19.7 Å². The molecule has 2 rings (SSSR count). The summed E-state index contributed by atoms with van der Waals surface area (Å²) in [6, 6.07) is 5.22. The van der Waals surface area contributed by atoms with Gasteiger partial charge >= 0.3 is 0 Å². The molecular formula is C17H22FNOS. The molecule has 114 valence electrons. The third kappa shape index (κ3) is 3.44. The number of hydrogen-bond acceptors (Lipinski definition) is 3. The highest BCUT2D eigenvalue weighted by molar-refractivity contribution is 7.10. The van der Waals surface area contributed by atoms with Crippen molar-refractivity contribution in [3.8, 4) is 5.75 Å². The largest absolute Gasteiger partial charge is 0.496 e. The molecule has 1 aromatic heterocycles. The van der Waals surface area contributed by atoms with Crippen LogP contribution in [0.4, 0.5) is 4.39 Å². The third-order valence-corrected chi connectivity index (χ3v) is 4.55. The molecule has 2 aromatic rings. The van der Waals surface area contributed by atoms with E-state index in [9.17, 15) is 4.39 Å². The van der Waals surface area contributed by atoms with Crippen molar-refractivity contribution in [2.45, 2.75) is 33.2 Å². The van der Waals surface area contributed by atoms with E-state index in [1.165, 1.54) is 0 Å². The molecule has 1 heterocycles. The fourth-order valence-electron chi connectivity index (χ4n) is 2.68. The Balaban J connectivity index is 2.51. The summed E-state index contributed by atoms with van der Waals surface area (Å²) in [6.45, 7) is 6.97. The van der Waals surface area contributed by atoms with Gasteiger partial charge in [0, 0.05) is 0 Å². The second-order valence-corrected chi connectivity index (χ2v) is 6.14. The number of methoxy groups -OCH3 is 1. The Morgan fingerprint density at radius 3 is 2.52 bits per heavy atom. The monoisotopic (exact) mass is 307 g/mol. The molecule has 1 atom stereocenters. The first kappa shape index (κ1) is 16.0. The van der Waals surface area contributed by atoms with Crippen LogP contribution in [0.15, 0.2) is 23.6 Å². The summed E-state index contributed by atoms with van der Waals surface area (Å²) >= 11 is 1.67. The molecule has 0 fully saturated rings. The van der Waals surface area contributed by atoms with Gasteiger partial charge in [-0.15, -0.1) is 11.3 Å². The van der Waals surface area contributed by atoms with Gasteiger partial charge in [-0.05, 0) is 67.1 Å². The first-order valence-electron chi connectivity index (χ1n) is 7.19. The number of halogens is 1. The maximum absolute atomic E-state index is 13.6. The normalized spacial score (nSPS) is 12.4. The van der Waals surface area contributed by atoms with E-state index in [4.69, 9.17) is 4.74 Å². The molecule has 0 saturated carbocycles. The summed E-state index contributed by atoms with van der Waals surface area (Å²) in [5.74, 6) is 0.706. The second kappa shape index (κ2) is 7.05. The zero-order valence-corrected chi connectivity index (χ0v) is 13.8. The summed E-state index contributed by atoms with van der Waals surface area (Å²) in [6.07, 6.45) is 1.05. The van der Waals surface area contributed by atoms with Crippen molar-refractivity contribution in [1.82, 2.24) is 5.32 Å². The molecule has 1 unspecified atom stereocenters. The van der Waals surface area contributed by atoms with Crippen molar-refractivity contribution in [2.75, 3.05) is 13.7 Å². The predicted octanol–water partition coefficient (Wildman–Crippen LogP) is 4.60. The van der Waals surface area contributed by atoms with E-state index in [-0.39, 0.29) is 11.9 Å². The second-order valence-electron chi connectivity index (χ2n) is 5.19. The van der Waals surface area contributed by atoms with Gasteiger partial charge in [0.1, 0.15) is 11.6 Å². The molecule has 21 heavy (non-hydrogen) atoms. The number of aryl methyl sites for hydroxylation is 2. The highest BCUT2D eigenvalue weighted by Gasteiger charge is 2.22. The zero-order valence-electron chi connectivity index (χ0n) is 13.0. The molecule has 0 spiro atoms. The van der Waals surface area contributed by atoms with Crippen LogP contribution in [-0.4, -0.2) is 13.7 Å². The van der Waals surface area contributed by atoms with Gasteiger partial charge in [-0.25, -0.2) is 4.39 Å². The number of thiophene rings is 1. The quantitative estimate of drug-likeness (QED) is 0.842. The lowest BCUT2D eigenvalue weighted by molar-refractivity contribution is 0.407. The van der Waals surface area contributed by atoms with Crippen molar-refractivity contribution in [1.29, 1.82) is 0 Å². The van der Waals surface area contributed by atoms with E-state index in [0.29, 0.717) is 0 Å². The Morgan fingerprint density at radius 2 is 1.95 bits per heavy atom. The first-order valence-corrected chi connectivity index (χ1v) is 8.07. The van der Waals surface area contributed by atoms with Crippen molar-refractivity contribution in [3.63, 3.8) is 0 Å². The van der Waals surface area contributed by atoms with Gasteiger partial charge in [-0.3, -0.25) is 0 Å². The fourth-order valence-corrected chi connectivity index (χ4v) is 3.62. The van der Waals surface area contributed by atoms with Gasteiger partial charge in [0.05, 0.1) is 18.0 Å². The smallest absolute Gasteiger partial charge is 0.134 e. The van der Waals surface area contributed by atoms with Crippen LogP contribution in [0.3, 0.4) is 0 Å². The Bertz CT molecular complexity index is 586. The van der Waals surface area contributed by atoms with Crippen LogP contribution in [0.1, 0.15) is 41.0 Å². The molecule has 1 aromatic carbocycles. The average Bonchev–Trinajstić information content (AvgIpc) is 2.89. The van der Waals surface area contributed by atoms with Crippen LogP contribution in [0.5, 0.6) is 5.75 Å². The first-order chi connectivity index (χ1) is 10.1. The lowest BCUT2D eigenvalue weighted by Gasteiger charge is -2.23. The van der Waals surface area contributed by atoms with E-state index in [0.717, 1.165) is 40.3 Å². The van der Waals surface area contributed by atoms with Gasteiger partial charge in [0.15, 0.2) is 0 Å². The zero-order chi connectivity index (χ0) is 15.4. The number of nitrogens with one attached hydrogen (secondary N) is 1. The highest BCUT2D eigenvalue weighted by atomic mass is 32.1. The van der Waals surface area contributed by atoms with Gasteiger partial charge in [0.25, 0.3) is 0 Å². The van der Waals surface area contributed by atoms with Crippen molar-refractivity contribution in [2.24, 2.45) is 0 Å². The van der Waals surface area contributed by atoms with Gasteiger partial charge in [-0.1, -0.05) is 6.92 Å². The molecule has 0 radical (unpaired) electrons. The topological polar surface area (TPSA) is 21.3 Å². The van der Waals surface area contributed by atoms with Gasteiger partial charge in [0.2, 0.25) is 0 Å². The fraction of sp³-hybridized carbons (Fsp3) is 0.412. The van der Waals surface area contributed by atoms with Gasteiger partial charge < -0.3 is 10.1 Å². The molecule has 4 heteroatoms. The summed E-state index contributed by atoms with van der Waals surface area (Å²) in [7, 11) is 1.69. The van der Waals surface area contributed by atoms with E-state index >= 15 is 0 Å². The number of rotatable bonds is 6. The maximum Gasteiger partial charge on any atom is 0.134 e. The van der Waals surface area contributed by atoms with Crippen LogP contribution in [0.25, 0.3) is 0 Å². The summed E-state index contributed by atoms with van der Waals surface area (Å²) in [5, 5.41) is 5.60. The maximum atomic E-state index is 13.6. The average molecular weight is 307 g/mol. The third-order valence-electron chi connectivity index (χ3n) is 3.58. The molecule has 0 amide bonds. The van der Waals surface area contributed by atoms with E-state index < -0.39 is 0 Å².